The van der Waals surface area contributed by atoms with Crippen LogP contribution < -0.4 is 0 Å². The van der Waals surface area contributed by atoms with Gasteiger partial charge in [0.2, 0.25) is 0 Å². The van der Waals surface area contributed by atoms with Gasteiger partial charge in [-0.25, -0.2) is 0 Å². The number of rotatable bonds is 3. The van der Waals surface area contributed by atoms with Gasteiger partial charge < -0.3 is 4.74 Å². The fraction of sp³-hybridized carbons (Fsp3) is 0.500. The third-order valence-corrected chi connectivity index (χ3v) is 1.36. The summed E-state index contributed by atoms with van der Waals surface area (Å²) in [5.74, 6) is 15.0. The van der Waals surface area contributed by atoms with Gasteiger partial charge in [-0.15, -0.1) is 0 Å². The smallest absolute Gasteiger partial charge is 0.314 e. The van der Waals surface area contributed by atoms with Crippen molar-refractivity contribution in [3.05, 3.63) is 10.4 Å². The Balaban J connectivity index is 0. The number of hydrogen-bond donors (Lipinski definition) is 0. The van der Waals surface area contributed by atoms with Crippen LogP contribution in [-0.4, -0.2) is 18.1 Å². The minimum atomic E-state index is -0.734. The molecule has 0 aliphatic carbocycles. The van der Waals surface area contributed by atoms with Crippen molar-refractivity contribution in [3.8, 4) is 35.5 Å². The average molecular weight is 259 g/mol. The first-order chi connectivity index (χ1) is 8.99. The Morgan fingerprint density at radius 3 is 1.89 bits per heavy atom. The predicted octanol–water partition coefficient (Wildman–Crippen LogP) is 2.67. The van der Waals surface area contributed by atoms with Crippen LogP contribution in [0.3, 0.4) is 0 Å². The second kappa shape index (κ2) is 13.5. The zero-order chi connectivity index (χ0) is 15.1. The van der Waals surface area contributed by atoms with E-state index in [1.54, 1.807) is 27.7 Å². The van der Waals surface area contributed by atoms with E-state index in [0.29, 0.717) is 0 Å². The summed E-state index contributed by atoms with van der Waals surface area (Å²) >= 11 is 0. The normalized spacial score (nSPS) is 8.53. The highest BCUT2D eigenvalue weighted by molar-refractivity contribution is 5.75. The molecule has 19 heavy (non-hydrogen) atoms. The molecule has 0 rings (SSSR count). The molecule has 0 N–H and O–H groups in total. The first kappa shape index (κ1) is 18.8. The third-order valence-electron chi connectivity index (χ3n) is 1.36. The van der Waals surface area contributed by atoms with Crippen molar-refractivity contribution in [2.45, 2.75) is 46.8 Å². The Hall–Kier alpha value is -2.54. The summed E-state index contributed by atoms with van der Waals surface area (Å²) in [6, 6.07) is -0.734. The van der Waals surface area contributed by atoms with Gasteiger partial charge in [0, 0.05) is 4.91 Å². The molecule has 0 unspecified atom stereocenters. The van der Waals surface area contributed by atoms with E-state index in [0.717, 1.165) is 0 Å². The average Bonchev–Trinajstić information content (AvgIpc) is 2.35. The van der Waals surface area contributed by atoms with Crippen LogP contribution in [0.25, 0.3) is 10.4 Å². The van der Waals surface area contributed by atoms with E-state index in [4.69, 9.17) is 10.3 Å². The largest absolute Gasteiger partial charge is 0.463 e. The summed E-state index contributed by atoms with van der Waals surface area (Å²) in [7, 11) is 0. The number of esters is 1. The number of ether oxygens (including phenoxy) is 1. The van der Waals surface area contributed by atoms with Gasteiger partial charge in [-0.3, -0.25) is 4.79 Å². The highest BCUT2D eigenvalue weighted by Gasteiger charge is 2.12. The summed E-state index contributed by atoms with van der Waals surface area (Å²) in [5.41, 5.74) is 7.97. The Labute approximate surface area is 114 Å². The Morgan fingerprint density at radius 1 is 1.11 bits per heavy atom. The lowest BCUT2D eigenvalue weighted by Crippen LogP contribution is -2.21. The second-order valence-corrected chi connectivity index (χ2v) is 3.37. The summed E-state index contributed by atoms with van der Waals surface area (Å²) < 4.78 is 4.76. The van der Waals surface area contributed by atoms with Gasteiger partial charge in [0.05, 0.1) is 6.10 Å². The van der Waals surface area contributed by atoms with Crippen LogP contribution >= 0.6 is 0 Å². The lowest BCUT2D eigenvalue weighted by Gasteiger charge is -2.08. The van der Waals surface area contributed by atoms with Crippen LogP contribution in [0.5, 0.6) is 0 Å². The molecule has 1 atom stereocenters. The molecule has 0 fully saturated rings. The van der Waals surface area contributed by atoms with Gasteiger partial charge in [0.25, 0.3) is 0 Å². The maximum absolute atomic E-state index is 10.9. The highest BCUT2D eigenvalue weighted by atomic mass is 16.5. The van der Waals surface area contributed by atoms with Crippen LogP contribution in [0.15, 0.2) is 5.11 Å². The van der Waals surface area contributed by atoms with Crippen molar-refractivity contribution in [3.63, 3.8) is 0 Å². The lowest BCUT2D eigenvalue weighted by molar-refractivity contribution is -0.148. The molecule has 0 amide bonds. The van der Waals surface area contributed by atoms with E-state index in [1.807, 2.05) is 0 Å². The van der Waals surface area contributed by atoms with E-state index in [1.165, 1.54) is 6.92 Å². The minimum Gasteiger partial charge on any atom is -0.463 e. The van der Waals surface area contributed by atoms with Crippen LogP contribution in [0.1, 0.15) is 34.6 Å². The maximum Gasteiger partial charge on any atom is 0.314 e. The quantitative estimate of drug-likeness (QED) is 0.257. The standard InChI is InChI=1S/C8H6.C6H11N3O2/c1-3-5-7-8-6-4-2;1-4(2)11-6(10)5(3)8-9-7/h1-2H3;4-5H,1-3H3/t;5-/m.0/s1. The molecule has 0 spiro atoms. The van der Waals surface area contributed by atoms with Crippen molar-refractivity contribution in [1.29, 1.82) is 0 Å². The minimum absolute atomic E-state index is 0.168. The Morgan fingerprint density at radius 2 is 1.58 bits per heavy atom. The SMILES string of the molecule is CC#CC#CC#CC.CC(C)OC(=O)[C@H](C)N=[N+]=[N-]. The van der Waals surface area contributed by atoms with Crippen LogP contribution in [0.2, 0.25) is 0 Å². The number of azide groups is 1. The third kappa shape index (κ3) is 15.5. The molecule has 0 bridgehead atoms. The Kier molecular flexibility index (Phi) is 13.4. The lowest BCUT2D eigenvalue weighted by atomic mass is 10.3. The molecule has 5 heteroatoms. The predicted molar refractivity (Wildman–Crippen MR) is 74.5 cm³/mol. The van der Waals surface area contributed by atoms with Crippen molar-refractivity contribution in [2.24, 2.45) is 5.11 Å². The molecule has 0 aliphatic rings. The second-order valence-electron chi connectivity index (χ2n) is 3.37. The first-order valence-electron chi connectivity index (χ1n) is 5.57. The first-order valence-corrected chi connectivity index (χ1v) is 5.57. The molecular weight excluding hydrogens is 242 g/mol. The zero-order valence-corrected chi connectivity index (χ0v) is 11.8. The molecular formula is C14H17N3O2. The monoisotopic (exact) mass is 259 g/mol. The summed E-state index contributed by atoms with van der Waals surface area (Å²) in [6.07, 6.45) is -0.168. The molecule has 0 aromatic heterocycles. The molecule has 100 valence electrons. The van der Waals surface area contributed by atoms with Gasteiger partial charge in [-0.05, 0) is 63.8 Å². The van der Waals surface area contributed by atoms with Gasteiger partial charge in [0.1, 0.15) is 6.04 Å². The number of nitrogens with zero attached hydrogens (tertiary/aromatic N) is 3. The van der Waals surface area contributed by atoms with Gasteiger partial charge in [-0.2, -0.15) is 0 Å². The highest BCUT2D eigenvalue weighted by Crippen LogP contribution is 1.97. The molecule has 0 aliphatic heterocycles. The van der Waals surface area contributed by atoms with E-state index in [2.05, 4.69) is 45.5 Å². The number of carbonyl (C=O) groups excluding carboxylic acids is 1. The molecule has 0 heterocycles. The Bertz CT molecular complexity index is 474. The molecule has 0 saturated carbocycles. The van der Waals surface area contributed by atoms with E-state index in [9.17, 15) is 4.79 Å². The van der Waals surface area contributed by atoms with Crippen molar-refractivity contribution >= 4 is 5.97 Å². The van der Waals surface area contributed by atoms with E-state index >= 15 is 0 Å². The zero-order valence-electron chi connectivity index (χ0n) is 11.8. The van der Waals surface area contributed by atoms with Gasteiger partial charge in [-0.1, -0.05) is 17.0 Å². The van der Waals surface area contributed by atoms with Crippen LogP contribution in [0, 0.1) is 35.5 Å². The van der Waals surface area contributed by atoms with Crippen LogP contribution in [0.4, 0.5) is 0 Å². The topological polar surface area (TPSA) is 75.1 Å². The number of carbonyl (C=O) groups is 1. The van der Waals surface area contributed by atoms with Crippen molar-refractivity contribution < 1.29 is 9.53 Å². The summed E-state index contributed by atoms with van der Waals surface area (Å²) in [6.45, 7) is 8.45. The summed E-state index contributed by atoms with van der Waals surface area (Å²) in [5, 5.41) is 3.18. The maximum atomic E-state index is 10.9. The molecule has 5 nitrogen and oxygen atoms in total. The van der Waals surface area contributed by atoms with Crippen molar-refractivity contribution in [2.75, 3.05) is 0 Å². The molecule has 0 radical (unpaired) electrons. The van der Waals surface area contributed by atoms with E-state index in [-0.39, 0.29) is 6.10 Å². The van der Waals surface area contributed by atoms with Crippen molar-refractivity contribution in [1.82, 2.24) is 0 Å². The van der Waals surface area contributed by atoms with E-state index < -0.39 is 12.0 Å². The molecule has 0 saturated heterocycles. The fourth-order valence-corrected chi connectivity index (χ4v) is 0.643. The van der Waals surface area contributed by atoms with Gasteiger partial charge in [0.15, 0.2) is 0 Å². The van der Waals surface area contributed by atoms with Crippen LogP contribution in [-0.2, 0) is 9.53 Å². The summed E-state index contributed by atoms with van der Waals surface area (Å²) in [4.78, 5) is 13.3. The van der Waals surface area contributed by atoms with Gasteiger partial charge >= 0.3 is 5.97 Å². The molecule has 0 aromatic rings. The fourth-order valence-electron chi connectivity index (χ4n) is 0.643. The molecule has 0 aromatic carbocycles. The number of hydrogen-bond acceptors (Lipinski definition) is 3.